The average molecular weight is 255 g/mol. The number of ether oxygens (including phenoxy) is 2. The largest absolute Gasteiger partial charge is 0.465 e. The Morgan fingerprint density at radius 3 is 1.67 bits per heavy atom. The van der Waals surface area contributed by atoms with Gasteiger partial charge in [0.05, 0.1) is 13.2 Å². The van der Waals surface area contributed by atoms with Gasteiger partial charge in [-0.25, -0.2) is 0 Å². The fourth-order valence-electron chi connectivity index (χ4n) is 1.33. The smallest absolute Gasteiger partial charge is 0.302 e. The van der Waals surface area contributed by atoms with Gasteiger partial charge in [-0.2, -0.15) is 0 Å². The fourth-order valence-corrected chi connectivity index (χ4v) is 2.06. The van der Waals surface area contributed by atoms with Gasteiger partial charge in [-0.3, -0.25) is 9.59 Å². The molecule has 1 saturated carbocycles. The molecule has 86 valence electrons. The first-order chi connectivity index (χ1) is 6.85. The van der Waals surface area contributed by atoms with Gasteiger partial charge in [0, 0.05) is 25.7 Å². The van der Waals surface area contributed by atoms with Crippen molar-refractivity contribution in [3.8, 4) is 0 Å². The Morgan fingerprint density at radius 1 is 1.07 bits per heavy atom. The number of rotatable bonds is 4. The molecule has 0 bridgehead atoms. The lowest BCUT2D eigenvalue weighted by molar-refractivity contribution is -0.143. The van der Waals surface area contributed by atoms with Crippen molar-refractivity contribution >= 4 is 35.1 Å². The van der Waals surface area contributed by atoms with Crippen molar-refractivity contribution in [3.63, 3.8) is 0 Å². The van der Waals surface area contributed by atoms with Crippen LogP contribution in [0.1, 0.15) is 13.8 Å². The first-order valence-corrected chi connectivity index (χ1v) is 5.25. The number of halogens is 2. The normalized spacial score (nSPS) is 26.9. The van der Waals surface area contributed by atoms with Crippen LogP contribution in [0, 0.1) is 11.8 Å². The lowest BCUT2D eigenvalue weighted by Crippen LogP contribution is -2.07. The van der Waals surface area contributed by atoms with Crippen LogP contribution in [0.2, 0.25) is 0 Å². The van der Waals surface area contributed by atoms with E-state index in [0.29, 0.717) is 0 Å². The lowest BCUT2D eigenvalue weighted by atomic mass is 10.3. The van der Waals surface area contributed by atoms with E-state index in [2.05, 4.69) is 0 Å². The van der Waals surface area contributed by atoms with Crippen molar-refractivity contribution in [3.05, 3.63) is 0 Å². The maximum Gasteiger partial charge on any atom is 0.302 e. The van der Waals surface area contributed by atoms with Crippen molar-refractivity contribution in [1.29, 1.82) is 0 Å². The van der Waals surface area contributed by atoms with Crippen LogP contribution in [0.25, 0.3) is 0 Å². The summed E-state index contributed by atoms with van der Waals surface area (Å²) in [4.78, 5) is 21.1. The van der Waals surface area contributed by atoms with Gasteiger partial charge in [-0.1, -0.05) is 0 Å². The first kappa shape index (κ1) is 12.6. The number of carbonyl (C=O) groups excluding carboxylic acids is 2. The Hall–Kier alpha value is -0.480. The maximum absolute atomic E-state index is 10.6. The zero-order chi connectivity index (χ0) is 11.6. The van der Waals surface area contributed by atoms with Crippen LogP contribution < -0.4 is 0 Å². The zero-order valence-corrected chi connectivity index (χ0v) is 9.97. The highest BCUT2D eigenvalue weighted by molar-refractivity contribution is 6.51. The van der Waals surface area contributed by atoms with E-state index in [-0.39, 0.29) is 37.0 Å². The van der Waals surface area contributed by atoms with Crippen LogP contribution in [0.4, 0.5) is 0 Å². The molecule has 0 N–H and O–H groups in total. The van der Waals surface area contributed by atoms with Crippen molar-refractivity contribution in [2.75, 3.05) is 13.2 Å². The fraction of sp³-hybridized carbons (Fsp3) is 0.778. The topological polar surface area (TPSA) is 52.6 Å². The van der Waals surface area contributed by atoms with Crippen molar-refractivity contribution in [2.24, 2.45) is 11.8 Å². The van der Waals surface area contributed by atoms with Gasteiger partial charge in [-0.05, 0) is 0 Å². The van der Waals surface area contributed by atoms with Gasteiger partial charge in [0.1, 0.15) is 4.33 Å². The average Bonchev–Trinajstić information content (AvgIpc) is 2.60. The number of esters is 2. The molecule has 1 fully saturated rings. The third-order valence-electron chi connectivity index (χ3n) is 2.30. The van der Waals surface area contributed by atoms with Crippen molar-refractivity contribution in [2.45, 2.75) is 18.2 Å². The van der Waals surface area contributed by atoms with E-state index < -0.39 is 4.33 Å². The lowest BCUT2D eigenvalue weighted by Gasteiger charge is -2.00. The number of hydrogen-bond acceptors (Lipinski definition) is 4. The third kappa shape index (κ3) is 3.24. The minimum atomic E-state index is -0.953. The molecule has 0 aromatic heterocycles. The summed E-state index contributed by atoms with van der Waals surface area (Å²) in [5.74, 6) is -1.08. The molecular formula is C9H12Cl2O4. The summed E-state index contributed by atoms with van der Waals surface area (Å²) in [6.07, 6.45) is 0. The quantitative estimate of drug-likeness (QED) is 0.564. The van der Waals surface area contributed by atoms with Gasteiger partial charge in [0.25, 0.3) is 0 Å². The number of alkyl halides is 2. The highest BCUT2D eigenvalue weighted by Crippen LogP contribution is 2.59. The zero-order valence-electron chi connectivity index (χ0n) is 8.46. The van der Waals surface area contributed by atoms with Crippen LogP contribution in [0.5, 0.6) is 0 Å². The molecule has 0 aliphatic heterocycles. The molecule has 0 spiro atoms. The van der Waals surface area contributed by atoms with Crippen LogP contribution in [0.15, 0.2) is 0 Å². The molecule has 4 nitrogen and oxygen atoms in total. The second kappa shape index (κ2) is 4.58. The van der Waals surface area contributed by atoms with Crippen molar-refractivity contribution < 1.29 is 19.1 Å². The Bertz CT molecular complexity index is 251. The molecule has 0 radical (unpaired) electrons. The second-order valence-corrected chi connectivity index (χ2v) is 4.94. The molecule has 0 heterocycles. The van der Waals surface area contributed by atoms with E-state index in [9.17, 15) is 9.59 Å². The van der Waals surface area contributed by atoms with E-state index in [4.69, 9.17) is 32.7 Å². The van der Waals surface area contributed by atoms with Gasteiger partial charge in [-0.15, -0.1) is 23.2 Å². The van der Waals surface area contributed by atoms with Crippen LogP contribution >= 0.6 is 23.2 Å². The maximum atomic E-state index is 10.6. The molecule has 0 unspecified atom stereocenters. The highest BCUT2D eigenvalue weighted by Gasteiger charge is 2.64. The minimum absolute atomic E-state index is 0.161. The summed E-state index contributed by atoms with van der Waals surface area (Å²) in [5, 5.41) is 0. The molecule has 6 heteroatoms. The monoisotopic (exact) mass is 254 g/mol. The van der Waals surface area contributed by atoms with E-state index in [1.54, 1.807) is 0 Å². The van der Waals surface area contributed by atoms with Crippen LogP contribution in [-0.2, 0) is 19.1 Å². The first-order valence-electron chi connectivity index (χ1n) is 4.50. The van der Waals surface area contributed by atoms with Crippen LogP contribution in [-0.4, -0.2) is 29.5 Å². The predicted molar refractivity (Wildman–Crippen MR) is 54.7 cm³/mol. The van der Waals surface area contributed by atoms with E-state index in [1.807, 2.05) is 0 Å². The highest BCUT2D eigenvalue weighted by atomic mass is 35.5. The summed E-state index contributed by atoms with van der Waals surface area (Å²) in [7, 11) is 0. The molecule has 0 aromatic rings. The third-order valence-corrected chi connectivity index (χ3v) is 3.42. The number of carbonyl (C=O) groups is 2. The molecule has 0 saturated heterocycles. The standard InChI is InChI=1S/C9H12Cl2O4/c1-5(12)14-3-7-8(9(7,10)11)4-15-6(2)13/h7-8H,3-4H2,1-2H3/t7-,8-/m0/s1. The summed E-state index contributed by atoms with van der Waals surface area (Å²) in [5.41, 5.74) is 0. The van der Waals surface area contributed by atoms with Gasteiger partial charge < -0.3 is 9.47 Å². The second-order valence-electron chi connectivity index (χ2n) is 3.49. The van der Waals surface area contributed by atoms with Gasteiger partial charge in [0.2, 0.25) is 0 Å². The molecule has 1 aliphatic rings. The molecular weight excluding hydrogens is 243 g/mol. The summed E-state index contributed by atoms with van der Waals surface area (Å²) >= 11 is 11.8. The van der Waals surface area contributed by atoms with E-state index in [1.165, 1.54) is 13.8 Å². The van der Waals surface area contributed by atoms with E-state index >= 15 is 0 Å². The Morgan fingerprint density at radius 2 is 1.40 bits per heavy atom. The van der Waals surface area contributed by atoms with Crippen LogP contribution in [0.3, 0.4) is 0 Å². The summed E-state index contributed by atoms with van der Waals surface area (Å²) < 4.78 is 8.63. The Kier molecular flexibility index (Phi) is 3.84. The predicted octanol–water partition coefficient (Wildman–Crippen LogP) is 1.53. The van der Waals surface area contributed by atoms with E-state index in [0.717, 1.165) is 0 Å². The van der Waals surface area contributed by atoms with Crippen molar-refractivity contribution in [1.82, 2.24) is 0 Å². The summed E-state index contributed by atoms with van der Waals surface area (Å²) in [6, 6.07) is 0. The van der Waals surface area contributed by atoms with Gasteiger partial charge in [0.15, 0.2) is 0 Å². The number of hydrogen-bond donors (Lipinski definition) is 0. The molecule has 0 amide bonds. The van der Waals surface area contributed by atoms with Gasteiger partial charge >= 0.3 is 11.9 Å². The Labute approximate surface area is 97.8 Å². The molecule has 2 atom stereocenters. The molecule has 1 rings (SSSR count). The SMILES string of the molecule is CC(=O)OC[C@H]1[C@H](COC(C)=O)C1(Cl)Cl. The molecule has 15 heavy (non-hydrogen) atoms. The Balaban J connectivity index is 2.34. The molecule has 0 aromatic carbocycles. The summed E-state index contributed by atoms with van der Waals surface area (Å²) in [6.45, 7) is 2.95. The molecule has 1 aliphatic carbocycles. The minimum Gasteiger partial charge on any atom is -0.465 e.